The summed E-state index contributed by atoms with van der Waals surface area (Å²) in [5.74, 6) is 2.10. The fraction of sp³-hybridized carbons (Fsp3) is 0.391. The predicted octanol–water partition coefficient (Wildman–Crippen LogP) is 2.35. The zero-order valence-electron chi connectivity index (χ0n) is 19.1. The van der Waals surface area contributed by atoms with E-state index in [0.717, 1.165) is 12.1 Å². The van der Waals surface area contributed by atoms with Crippen LogP contribution in [0.2, 0.25) is 0 Å². The van der Waals surface area contributed by atoms with E-state index >= 15 is 0 Å². The number of fused-ring (bicyclic) bond motifs is 2. The highest BCUT2D eigenvalue weighted by atomic mass is 16.5. The summed E-state index contributed by atoms with van der Waals surface area (Å²) in [7, 11) is 5.31. The van der Waals surface area contributed by atoms with Gasteiger partial charge < -0.3 is 29.9 Å². The fourth-order valence-electron chi connectivity index (χ4n) is 3.84. The van der Waals surface area contributed by atoms with Crippen LogP contribution in [-0.4, -0.2) is 67.6 Å². The third kappa shape index (κ3) is 4.84. The molecule has 0 radical (unpaired) electrons. The molecule has 10 heteroatoms. The predicted molar refractivity (Wildman–Crippen MR) is 126 cm³/mol. The van der Waals surface area contributed by atoms with Crippen LogP contribution in [0, 0.1) is 0 Å². The Morgan fingerprint density at radius 3 is 2.73 bits per heavy atom. The first-order chi connectivity index (χ1) is 16.0. The van der Waals surface area contributed by atoms with Crippen LogP contribution in [0.1, 0.15) is 24.8 Å². The lowest BCUT2D eigenvalue weighted by molar-refractivity contribution is -0.130. The lowest BCUT2D eigenvalue weighted by Crippen LogP contribution is -2.31. The number of rotatable bonds is 1. The molecule has 0 spiro atoms. The van der Waals surface area contributed by atoms with Gasteiger partial charge in [-0.15, -0.1) is 0 Å². The number of ether oxygens (including phenoxy) is 2. The van der Waals surface area contributed by atoms with Crippen molar-refractivity contribution < 1.29 is 19.1 Å². The van der Waals surface area contributed by atoms with Crippen molar-refractivity contribution in [2.75, 3.05) is 56.4 Å². The molecule has 2 bridgehead atoms. The summed E-state index contributed by atoms with van der Waals surface area (Å²) in [6.45, 7) is 1.68. The molecule has 0 aliphatic carbocycles. The van der Waals surface area contributed by atoms with Gasteiger partial charge in [0.1, 0.15) is 18.0 Å². The summed E-state index contributed by atoms with van der Waals surface area (Å²) in [6.07, 6.45) is 4.86. The molecule has 174 valence electrons. The number of aromatic nitrogens is 2. The van der Waals surface area contributed by atoms with E-state index < -0.39 is 0 Å². The van der Waals surface area contributed by atoms with Crippen LogP contribution in [-0.2, 0) is 9.59 Å². The molecule has 3 heterocycles. The number of hydrogen-bond acceptors (Lipinski definition) is 8. The molecule has 4 rings (SSSR count). The van der Waals surface area contributed by atoms with Crippen LogP contribution >= 0.6 is 0 Å². The molecule has 2 aliphatic rings. The van der Waals surface area contributed by atoms with Gasteiger partial charge >= 0.3 is 0 Å². The maximum absolute atomic E-state index is 12.7. The zero-order valence-corrected chi connectivity index (χ0v) is 19.1. The maximum Gasteiger partial charge on any atom is 0.259 e. The van der Waals surface area contributed by atoms with E-state index in [9.17, 15) is 9.59 Å². The van der Waals surface area contributed by atoms with Gasteiger partial charge in [0.15, 0.2) is 11.5 Å². The minimum absolute atomic E-state index is 0.0766. The first-order valence-electron chi connectivity index (χ1n) is 10.9. The lowest BCUT2D eigenvalue weighted by atomic mass is 10.1. The molecule has 10 nitrogen and oxygen atoms in total. The van der Waals surface area contributed by atoms with Crippen LogP contribution < -0.4 is 25.0 Å². The second kappa shape index (κ2) is 9.76. The van der Waals surface area contributed by atoms with Gasteiger partial charge in [0, 0.05) is 51.6 Å². The van der Waals surface area contributed by atoms with Crippen LogP contribution in [0.4, 0.5) is 17.3 Å². The Balaban J connectivity index is 1.70. The molecule has 33 heavy (non-hydrogen) atoms. The summed E-state index contributed by atoms with van der Waals surface area (Å²) in [5.41, 5.74) is 1.82. The topological polar surface area (TPSA) is 109 Å². The third-order valence-corrected chi connectivity index (χ3v) is 5.69. The monoisotopic (exact) mass is 452 g/mol. The normalized spacial score (nSPS) is 18.7. The molecule has 0 saturated heterocycles. The first kappa shape index (κ1) is 22.4. The van der Waals surface area contributed by atoms with Crippen molar-refractivity contribution in [1.82, 2.24) is 14.9 Å². The molecule has 0 unspecified atom stereocenters. The molecule has 0 atom stereocenters. The SMILES string of the molecule is COc1ccc2cc1OCCCC(=O)N(C)CCCN(C)c1ncnc3c1/C(=C/N2)C(=O)N3. The van der Waals surface area contributed by atoms with Gasteiger partial charge in [-0.25, -0.2) is 9.97 Å². The van der Waals surface area contributed by atoms with Crippen molar-refractivity contribution >= 4 is 34.7 Å². The minimum Gasteiger partial charge on any atom is -0.493 e. The van der Waals surface area contributed by atoms with Crippen molar-refractivity contribution in [1.29, 1.82) is 0 Å². The number of nitrogens with zero attached hydrogens (tertiary/aromatic N) is 4. The van der Waals surface area contributed by atoms with Crippen molar-refractivity contribution in [2.24, 2.45) is 0 Å². The Kier molecular flexibility index (Phi) is 6.62. The van der Waals surface area contributed by atoms with Gasteiger partial charge in [0.25, 0.3) is 5.91 Å². The van der Waals surface area contributed by atoms with Gasteiger partial charge in [0.05, 0.1) is 24.9 Å². The quantitative estimate of drug-likeness (QED) is 0.679. The van der Waals surface area contributed by atoms with Gasteiger partial charge in [-0.1, -0.05) is 0 Å². The maximum atomic E-state index is 12.7. The first-order valence-corrected chi connectivity index (χ1v) is 10.9. The summed E-state index contributed by atoms with van der Waals surface area (Å²) in [4.78, 5) is 37.5. The number of amides is 2. The Hall–Kier alpha value is -3.82. The molecule has 0 saturated carbocycles. The number of hydrogen-bond donors (Lipinski definition) is 2. The summed E-state index contributed by atoms with van der Waals surface area (Å²) < 4.78 is 11.3. The second-order valence-corrected chi connectivity index (χ2v) is 7.99. The molecule has 2 aliphatic heterocycles. The van der Waals surface area contributed by atoms with E-state index in [2.05, 4.69) is 20.6 Å². The number of anilines is 3. The van der Waals surface area contributed by atoms with E-state index in [1.54, 1.807) is 30.3 Å². The fourth-order valence-corrected chi connectivity index (χ4v) is 3.84. The van der Waals surface area contributed by atoms with Crippen LogP contribution in [0.3, 0.4) is 0 Å². The Morgan fingerprint density at radius 1 is 1.09 bits per heavy atom. The number of nitrogens with one attached hydrogen (secondary N) is 2. The molecular weight excluding hydrogens is 424 g/mol. The number of methoxy groups -OCH3 is 1. The molecule has 1 aromatic carbocycles. The van der Waals surface area contributed by atoms with Crippen molar-refractivity contribution in [3.05, 3.63) is 36.3 Å². The van der Waals surface area contributed by atoms with Gasteiger partial charge in [0.2, 0.25) is 5.91 Å². The van der Waals surface area contributed by atoms with Crippen LogP contribution in [0.15, 0.2) is 30.7 Å². The molecule has 0 fully saturated rings. The molecular formula is C23H28N6O4. The Bertz CT molecular complexity index is 1090. The standard InChI is InChI=1S/C23H28N6O4/c1-28-9-5-10-29(2)22-20-16(23(31)27-21(20)25-14-26-22)13-24-15-7-8-17(32-3)18(12-15)33-11-4-6-19(28)30/h7-8,12-14,24H,4-6,9-11H2,1-3H3,(H,25,26,27,31)/b16-13-. The van der Waals surface area contributed by atoms with E-state index in [1.165, 1.54) is 6.33 Å². The highest BCUT2D eigenvalue weighted by molar-refractivity contribution is 6.32. The van der Waals surface area contributed by atoms with Gasteiger partial charge in [-0.3, -0.25) is 9.59 Å². The van der Waals surface area contributed by atoms with Crippen LogP contribution in [0.25, 0.3) is 5.57 Å². The molecule has 2 N–H and O–H groups in total. The smallest absolute Gasteiger partial charge is 0.259 e. The van der Waals surface area contributed by atoms with Crippen molar-refractivity contribution in [2.45, 2.75) is 19.3 Å². The second-order valence-electron chi connectivity index (χ2n) is 7.99. The summed E-state index contributed by atoms with van der Waals surface area (Å²) >= 11 is 0. The zero-order chi connectivity index (χ0) is 23.4. The molecule has 2 amide bonds. The average Bonchev–Trinajstić information content (AvgIpc) is 3.14. The molecule has 1 aromatic heterocycles. The van der Waals surface area contributed by atoms with Gasteiger partial charge in [-0.2, -0.15) is 0 Å². The van der Waals surface area contributed by atoms with E-state index in [-0.39, 0.29) is 11.8 Å². The highest BCUT2D eigenvalue weighted by Gasteiger charge is 2.30. The number of benzene rings is 1. The third-order valence-electron chi connectivity index (χ3n) is 5.69. The minimum atomic E-state index is -0.252. The van der Waals surface area contributed by atoms with Crippen molar-refractivity contribution in [3.8, 4) is 11.5 Å². The summed E-state index contributed by atoms with van der Waals surface area (Å²) in [6, 6.07) is 5.43. The number of carbonyl (C=O) groups is 2. The van der Waals surface area contributed by atoms with Gasteiger partial charge in [-0.05, 0) is 25.0 Å². The largest absolute Gasteiger partial charge is 0.493 e. The Morgan fingerprint density at radius 2 is 1.91 bits per heavy atom. The van der Waals surface area contributed by atoms with E-state index in [1.807, 2.05) is 25.1 Å². The molecule has 2 aromatic rings. The highest BCUT2D eigenvalue weighted by Crippen LogP contribution is 2.36. The number of carbonyl (C=O) groups excluding carboxylic acids is 2. The average molecular weight is 453 g/mol. The van der Waals surface area contributed by atoms with Crippen molar-refractivity contribution in [3.63, 3.8) is 0 Å². The lowest BCUT2D eigenvalue weighted by Gasteiger charge is -2.23. The van der Waals surface area contributed by atoms with Crippen LogP contribution in [0.5, 0.6) is 11.5 Å². The summed E-state index contributed by atoms with van der Waals surface area (Å²) in [5, 5.41) is 5.98. The van der Waals surface area contributed by atoms with E-state index in [4.69, 9.17) is 9.47 Å². The Labute approximate surface area is 192 Å². The van der Waals surface area contributed by atoms with E-state index in [0.29, 0.717) is 66.8 Å².